The van der Waals surface area contributed by atoms with Crippen molar-refractivity contribution in [3.05, 3.63) is 53.8 Å². The Kier molecular flexibility index (Phi) is 4.54. The first kappa shape index (κ1) is 17.7. The lowest BCUT2D eigenvalue weighted by atomic mass is 10.1. The van der Waals surface area contributed by atoms with Gasteiger partial charge in [0.15, 0.2) is 6.61 Å². The number of alkyl halides is 3. The van der Waals surface area contributed by atoms with E-state index in [0.717, 1.165) is 6.07 Å². The molecule has 0 bridgehead atoms. The number of anilines is 2. The average molecular weight is 368 g/mol. The van der Waals surface area contributed by atoms with E-state index in [1.807, 2.05) is 0 Å². The number of amides is 2. The van der Waals surface area contributed by atoms with Crippen LogP contribution in [0.3, 0.4) is 0 Å². The number of rotatable bonds is 3. The number of carbonyl (C=O) groups excluding carboxylic acids is 2. The highest BCUT2D eigenvalue weighted by molar-refractivity contribution is 6.04. The number of nitrogens with zero attached hydrogens (tertiary/aromatic N) is 1. The molecule has 26 heavy (non-hydrogen) atoms. The highest BCUT2D eigenvalue weighted by Gasteiger charge is 2.34. The SMILES string of the molecule is O=C(CN1C(=O)COc2ccccc21)Nc1ccc(F)c(C(F)(F)F)c1. The Morgan fingerprint density at radius 1 is 1.19 bits per heavy atom. The molecular weight excluding hydrogens is 356 g/mol. The van der Waals surface area contributed by atoms with Crippen LogP contribution in [0.25, 0.3) is 0 Å². The van der Waals surface area contributed by atoms with Gasteiger partial charge in [-0.25, -0.2) is 4.39 Å². The lowest BCUT2D eigenvalue weighted by Crippen LogP contribution is -2.43. The maximum atomic E-state index is 13.3. The molecule has 0 saturated carbocycles. The minimum absolute atomic E-state index is 0.224. The van der Waals surface area contributed by atoms with Crippen molar-refractivity contribution in [1.82, 2.24) is 0 Å². The molecule has 9 heteroatoms. The van der Waals surface area contributed by atoms with Gasteiger partial charge in [-0.15, -0.1) is 0 Å². The largest absolute Gasteiger partial charge is 0.482 e. The van der Waals surface area contributed by atoms with Crippen LogP contribution in [0, 0.1) is 5.82 Å². The van der Waals surface area contributed by atoms with Crippen LogP contribution in [0.5, 0.6) is 5.75 Å². The Bertz CT molecular complexity index is 867. The van der Waals surface area contributed by atoms with Crippen LogP contribution in [0.4, 0.5) is 28.9 Å². The molecular formula is C17H12F4N2O3. The van der Waals surface area contributed by atoms with Crippen molar-refractivity contribution in [2.45, 2.75) is 6.18 Å². The zero-order valence-electron chi connectivity index (χ0n) is 13.1. The summed E-state index contributed by atoms with van der Waals surface area (Å²) < 4.78 is 56.7. The summed E-state index contributed by atoms with van der Waals surface area (Å²) in [7, 11) is 0. The van der Waals surface area contributed by atoms with E-state index in [0.29, 0.717) is 23.6 Å². The molecule has 136 valence electrons. The molecule has 2 aromatic carbocycles. The summed E-state index contributed by atoms with van der Waals surface area (Å²) in [4.78, 5) is 25.3. The number of hydrogen-bond acceptors (Lipinski definition) is 3. The Labute approximate surface area is 145 Å². The summed E-state index contributed by atoms with van der Waals surface area (Å²) in [5, 5.41) is 2.24. The molecule has 5 nitrogen and oxygen atoms in total. The van der Waals surface area contributed by atoms with Crippen LogP contribution in [-0.4, -0.2) is 25.0 Å². The Balaban J connectivity index is 1.77. The number of nitrogens with one attached hydrogen (secondary N) is 1. The molecule has 0 aliphatic carbocycles. The normalized spacial score (nSPS) is 13.8. The van der Waals surface area contributed by atoms with E-state index in [1.165, 1.54) is 4.90 Å². The molecule has 0 spiro atoms. The number of fused-ring (bicyclic) bond motifs is 1. The molecule has 0 saturated heterocycles. The molecule has 3 rings (SSSR count). The quantitative estimate of drug-likeness (QED) is 0.847. The van der Waals surface area contributed by atoms with Crippen LogP contribution in [-0.2, 0) is 15.8 Å². The maximum absolute atomic E-state index is 13.3. The fourth-order valence-corrected chi connectivity index (χ4v) is 2.49. The second kappa shape index (κ2) is 6.66. The van der Waals surface area contributed by atoms with Gasteiger partial charge in [0.25, 0.3) is 5.91 Å². The fraction of sp³-hybridized carbons (Fsp3) is 0.176. The third-order valence-electron chi connectivity index (χ3n) is 3.67. The summed E-state index contributed by atoms with van der Waals surface area (Å²) in [5.41, 5.74) is -1.32. The number of benzene rings is 2. The van der Waals surface area contributed by atoms with Crippen LogP contribution in [0.1, 0.15) is 5.56 Å². The second-order valence-electron chi connectivity index (χ2n) is 5.48. The molecule has 0 aromatic heterocycles. The first-order chi connectivity index (χ1) is 12.3. The van der Waals surface area contributed by atoms with Crippen molar-refractivity contribution < 1.29 is 31.9 Å². The minimum Gasteiger partial charge on any atom is -0.482 e. The molecule has 1 N–H and O–H groups in total. The lowest BCUT2D eigenvalue weighted by Gasteiger charge is -2.28. The zero-order valence-corrected chi connectivity index (χ0v) is 13.1. The minimum atomic E-state index is -4.88. The third-order valence-corrected chi connectivity index (χ3v) is 3.67. The van der Waals surface area contributed by atoms with Crippen molar-refractivity contribution in [2.24, 2.45) is 0 Å². The molecule has 1 aliphatic rings. The highest BCUT2D eigenvalue weighted by atomic mass is 19.4. The molecule has 0 atom stereocenters. The van der Waals surface area contributed by atoms with Gasteiger partial charge in [0, 0.05) is 5.69 Å². The number of carbonyl (C=O) groups is 2. The Morgan fingerprint density at radius 2 is 1.92 bits per heavy atom. The number of para-hydroxylation sites is 2. The summed E-state index contributed by atoms with van der Waals surface area (Å²) >= 11 is 0. The third kappa shape index (κ3) is 3.61. The summed E-state index contributed by atoms with van der Waals surface area (Å²) in [6, 6.07) is 8.69. The summed E-state index contributed by atoms with van der Waals surface area (Å²) in [6.07, 6.45) is -4.88. The van der Waals surface area contributed by atoms with Crippen LogP contribution >= 0.6 is 0 Å². The Morgan fingerprint density at radius 3 is 2.65 bits per heavy atom. The van der Waals surface area contributed by atoms with Crippen LogP contribution in [0.2, 0.25) is 0 Å². The van der Waals surface area contributed by atoms with E-state index in [4.69, 9.17) is 4.74 Å². The van der Waals surface area contributed by atoms with Crippen LogP contribution < -0.4 is 15.0 Å². The molecule has 0 unspecified atom stereocenters. The summed E-state index contributed by atoms with van der Waals surface area (Å²) in [6.45, 7) is -0.670. The predicted molar refractivity (Wildman–Crippen MR) is 84.3 cm³/mol. The topological polar surface area (TPSA) is 58.6 Å². The smallest absolute Gasteiger partial charge is 0.419 e. The van der Waals surface area contributed by atoms with Crippen molar-refractivity contribution in [3.63, 3.8) is 0 Å². The van der Waals surface area contributed by atoms with Gasteiger partial charge in [0.2, 0.25) is 5.91 Å². The number of halogens is 4. The van der Waals surface area contributed by atoms with Gasteiger partial charge < -0.3 is 10.1 Å². The number of ether oxygens (including phenoxy) is 1. The van der Waals surface area contributed by atoms with Gasteiger partial charge in [0.05, 0.1) is 11.3 Å². The van der Waals surface area contributed by atoms with Crippen molar-refractivity contribution in [3.8, 4) is 5.75 Å². The second-order valence-corrected chi connectivity index (χ2v) is 5.48. The predicted octanol–water partition coefficient (Wildman–Crippen LogP) is 3.21. The molecule has 1 heterocycles. The first-order valence-electron chi connectivity index (χ1n) is 7.44. The van der Waals surface area contributed by atoms with E-state index in [2.05, 4.69) is 5.32 Å². The average Bonchev–Trinajstić information content (AvgIpc) is 2.58. The monoisotopic (exact) mass is 368 g/mol. The van der Waals surface area contributed by atoms with Gasteiger partial charge >= 0.3 is 6.18 Å². The van der Waals surface area contributed by atoms with Crippen molar-refractivity contribution in [1.29, 1.82) is 0 Å². The zero-order chi connectivity index (χ0) is 18.9. The molecule has 1 aliphatic heterocycles. The van der Waals surface area contributed by atoms with E-state index in [-0.39, 0.29) is 12.3 Å². The van der Waals surface area contributed by atoms with Gasteiger partial charge in [-0.05, 0) is 30.3 Å². The van der Waals surface area contributed by atoms with Gasteiger partial charge in [-0.2, -0.15) is 13.2 Å². The van der Waals surface area contributed by atoms with E-state index in [1.54, 1.807) is 24.3 Å². The molecule has 0 radical (unpaired) electrons. The number of hydrogen-bond donors (Lipinski definition) is 1. The maximum Gasteiger partial charge on any atom is 0.419 e. The standard InChI is InChI=1S/C17H12F4N2O3/c18-12-6-5-10(7-11(12)17(19,20)21)22-15(24)8-23-13-3-1-2-4-14(13)26-9-16(23)25/h1-7H,8-9H2,(H,22,24). The lowest BCUT2D eigenvalue weighted by molar-refractivity contribution is -0.140. The van der Waals surface area contributed by atoms with Crippen LogP contribution in [0.15, 0.2) is 42.5 Å². The molecule has 0 fully saturated rings. The Hall–Kier alpha value is -3.10. The summed E-state index contributed by atoms with van der Waals surface area (Å²) in [5.74, 6) is -2.21. The molecule has 2 aromatic rings. The van der Waals surface area contributed by atoms with Gasteiger partial charge in [-0.3, -0.25) is 14.5 Å². The van der Waals surface area contributed by atoms with E-state index < -0.39 is 35.9 Å². The first-order valence-corrected chi connectivity index (χ1v) is 7.44. The van der Waals surface area contributed by atoms with Gasteiger partial charge in [-0.1, -0.05) is 12.1 Å². The fourth-order valence-electron chi connectivity index (χ4n) is 2.49. The van der Waals surface area contributed by atoms with Crippen molar-refractivity contribution >= 4 is 23.2 Å². The van der Waals surface area contributed by atoms with E-state index in [9.17, 15) is 27.2 Å². The van der Waals surface area contributed by atoms with E-state index >= 15 is 0 Å². The molecule has 2 amide bonds. The van der Waals surface area contributed by atoms with Gasteiger partial charge in [0.1, 0.15) is 18.1 Å². The van der Waals surface area contributed by atoms with Crippen molar-refractivity contribution in [2.75, 3.05) is 23.4 Å². The highest BCUT2D eigenvalue weighted by Crippen LogP contribution is 2.33.